The Bertz CT molecular complexity index is 878. The fourth-order valence-corrected chi connectivity index (χ4v) is 2.57. The van der Waals surface area contributed by atoms with Crippen molar-refractivity contribution >= 4 is 21.7 Å². The van der Waals surface area contributed by atoms with E-state index in [4.69, 9.17) is 4.74 Å². The van der Waals surface area contributed by atoms with Gasteiger partial charge in [-0.1, -0.05) is 18.2 Å². The van der Waals surface area contributed by atoms with Gasteiger partial charge >= 0.3 is 5.97 Å². The second-order valence-electron chi connectivity index (χ2n) is 5.24. The molecule has 2 rings (SSSR count). The molecule has 2 aromatic carbocycles. The quantitative estimate of drug-likeness (QED) is 0.787. The van der Waals surface area contributed by atoms with Crippen LogP contribution >= 0.6 is 0 Å². The number of rotatable bonds is 6. The number of hydrogen-bond acceptors (Lipinski definition) is 5. The van der Waals surface area contributed by atoms with E-state index in [2.05, 4.69) is 5.32 Å². The van der Waals surface area contributed by atoms with E-state index in [1.54, 1.807) is 6.07 Å². The minimum Gasteiger partial charge on any atom is -0.452 e. The van der Waals surface area contributed by atoms with E-state index >= 15 is 0 Å². The monoisotopic (exact) mass is 365 g/mol. The van der Waals surface area contributed by atoms with Crippen LogP contribution < -0.4 is 5.32 Å². The first-order valence-corrected chi connectivity index (χ1v) is 9.14. The van der Waals surface area contributed by atoms with E-state index < -0.39 is 34.1 Å². The third-order valence-electron chi connectivity index (χ3n) is 3.29. The number of amides is 1. The molecule has 0 unspecified atom stereocenters. The Morgan fingerprint density at radius 3 is 2.32 bits per heavy atom. The Balaban J connectivity index is 1.85. The summed E-state index contributed by atoms with van der Waals surface area (Å²) >= 11 is 0. The van der Waals surface area contributed by atoms with Crippen LogP contribution in [0.2, 0.25) is 0 Å². The zero-order valence-electron chi connectivity index (χ0n) is 13.4. The molecule has 2 aromatic rings. The van der Waals surface area contributed by atoms with Gasteiger partial charge in [0.15, 0.2) is 16.4 Å². The molecule has 6 nitrogen and oxygen atoms in total. The van der Waals surface area contributed by atoms with Gasteiger partial charge in [0.25, 0.3) is 5.91 Å². The SMILES string of the molecule is CS(=O)(=O)c1ccc(C(=O)OCC(=O)NCc2ccccc2F)cc1. The summed E-state index contributed by atoms with van der Waals surface area (Å²) in [5.41, 5.74) is 0.438. The Morgan fingerprint density at radius 2 is 1.72 bits per heavy atom. The topological polar surface area (TPSA) is 89.5 Å². The molecule has 25 heavy (non-hydrogen) atoms. The van der Waals surface area contributed by atoms with Gasteiger partial charge < -0.3 is 10.1 Å². The van der Waals surface area contributed by atoms with Gasteiger partial charge in [0.05, 0.1) is 10.5 Å². The number of carbonyl (C=O) groups excluding carboxylic acids is 2. The molecule has 0 aromatic heterocycles. The lowest BCUT2D eigenvalue weighted by Crippen LogP contribution is -2.28. The van der Waals surface area contributed by atoms with Gasteiger partial charge in [0, 0.05) is 18.4 Å². The average Bonchev–Trinajstić information content (AvgIpc) is 2.58. The van der Waals surface area contributed by atoms with Crippen molar-refractivity contribution in [3.63, 3.8) is 0 Å². The second kappa shape index (κ2) is 7.89. The number of ether oxygens (including phenoxy) is 1. The number of benzene rings is 2. The lowest BCUT2D eigenvalue weighted by molar-refractivity contribution is -0.124. The summed E-state index contributed by atoms with van der Waals surface area (Å²) in [5, 5.41) is 2.44. The van der Waals surface area contributed by atoms with Gasteiger partial charge in [-0.3, -0.25) is 4.79 Å². The first-order valence-electron chi connectivity index (χ1n) is 7.25. The highest BCUT2D eigenvalue weighted by molar-refractivity contribution is 7.90. The van der Waals surface area contributed by atoms with Crippen molar-refractivity contribution in [2.75, 3.05) is 12.9 Å². The fraction of sp³-hybridized carbons (Fsp3) is 0.176. The van der Waals surface area contributed by atoms with E-state index in [1.165, 1.54) is 42.5 Å². The van der Waals surface area contributed by atoms with E-state index in [0.29, 0.717) is 5.56 Å². The maximum absolute atomic E-state index is 13.4. The van der Waals surface area contributed by atoms with Gasteiger partial charge in [0.2, 0.25) is 0 Å². The fourth-order valence-electron chi connectivity index (χ4n) is 1.94. The minimum atomic E-state index is -3.36. The van der Waals surface area contributed by atoms with Crippen LogP contribution in [0.25, 0.3) is 0 Å². The predicted molar refractivity (Wildman–Crippen MR) is 88.1 cm³/mol. The molecule has 132 valence electrons. The summed E-state index contributed by atoms with van der Waals surface area (Å²) < 4.78 is 40.9. The lowest BCUT2D eigenvalue weighted by Gasteiger charge is -2.07. The Morgan fingerprint density at radius 1 is 1.08 bits per heavy atom. The van der Waals surface area contributed by atoms with Gasteiger partial charge in [-0.15, -0.1) is 0 Å². The minimum absolute atomic E-state index is 0.0217. The van der Waals surface area contributed by atoms with Crippen LogP contribution in [0, 0.1) is 5.82 Å². The van der Waals surface area contributed by atoms with Gasteiger partial charge in [-0.25, -0.2) is 17.6 Å². The first kappa shape index (κ1) is 18.6. The summed E-state index contributed by atoms with van der Waals surface area (Å²) in [6.07, 6.45) is 1.06. The maximum Gasteiger partial charge on any atom is 0.338 e. The summed E-state index contributed by atoms with van der Waals surface area (Å²) in [6, 6.07) is 11.2. The third kappa shape index (κ3) is 5.39. The molecule has 0 heterocycles. The highest BCUT2D eigenvalue weighted by Crippen LogP contribution is 2.11. The van der Waals surface area contributed by atoms with Crippen molar-refractivity contribution in [2.24, 2.45) is 0 Å². The van der Waals surface area contributed by atoms with Crippen LogP contribution in [0.4, 0.5) is 4.39 Å². The summed E-state index contributed by atoms with van der Waals surface area (Å²) in [6.45, 7) is -0.548. The Kier molecular flexibility index (Phi) is 5.87. The molecule has 0 atom stereocenters. The molecule has 0 aliphatic heterocycles. The van der Waals surface area contributed by atoms with Crippen molar-refractivity contribution in [1.82, 2.24) is 5.32 Å². The third-order valence-corrected chi connectivity index (χ3v) is 4.41. The van der Waals surface area contributed by atoms with Crippen LogP contribution in [0.15, 0.2) is 53.4 Å². The van der Waals surface area contributed by atoms with Crippen LogP contribution in [-0.4, -0.2) is 33.2 Å². The van der Waals surface area contributed by atoms with Crippen LogP contribution in [0.1, 0.15) is 15.9 Å². The number of hydrogen-bond donors (Lipinski definition) is 1. The molecule has 0 aliphatic rings. The molecular formula is C17H16FNO5S. The average molecular weight is 365 g/mol. The first-order chi connectivity index (χ1) is 11.8. The van der Waals surface area contributed by atoms with E-state index in [0.717, 1.165) is 6.26 Å². The zero-order valence-corrected chi connectivity index (χ0v) is 14.2. The maximum atomic E-state index is 13.4. The number of nitrogens with one attached hydrogen (secondary N) is 1. The molecule has 0 aliphatic carbocycles. The summed E-state index contributed by atoms with van der Waals surface area (Å²) in [7, 11) is -3.36. The standard InChI is InChI=1S/C17H16FNO5S/c1-25(22,23)14-8-6-12(7-9-14)17(21)24-11-16(20)19-10-13-4-2-3-5-15(13)18/h2-9H,10-11H2,1H3,(H,19,20). The molecule has 1 N–H and O–H groups in total. The van der Waals surface area contributed by atoms with E-state index in [9.17, 15) is 22.4 Å². The molecule has 8 heteroatoms. The molecule has 0 saturated carbocycles. The van der Waals surface area contributed by atoms with Crippen molar-refractivity contribution in [3.8, 4) is 0 Å². The molecule has 0 bridgehead atoms. The molecule has 0 spiro atoms. The van der Waals surface area contributed by atoms with Crippen molar-refractivity contribution < 1.29 is 27.1 Å². The van der Waals surface area contributed by atoms with Crippen LogP contribution in [0.5, 0.6) is 0 Å². The molecule has 0 fully saturated rings. The van der Waals surface area contributed by atoms with E-state index in [-0.39, 0.29) is 17.0 Å². The second-order valence-corrected chi connectivity index (χ2v) is 7.26. The molecule has 0 saturated heterocycles. The highest BCUT2D eigenvalue weighted by Gasteiger charge is 2.13. The van der Waals surface area contributed by atoms with Gasteiger partial charge in [-0.05, 0) is 30.3 Å². The highest BCUT2D eigenvalue weighted by atomic mass is 32.2. The number of sulfone groups is 1. The van der Waals surface area contributed by atoms with Crippen molar-refractivity contribution in [1.29, 1.82) is 0 Å². The summed E-state index contributed by atoms with van der Waals surface area (Å²) in [4.78, 5) is 23.6. The lowest BCUT2D eigenvalue weighted by atomic mass is 10.2. The normalized spacial score (nSPS) is 11.0. The molecule has 1 amide bonds. The van der Waals surface area contributed by atoms with Crippen molar-refractivity contribution in [3.05, 3.63) is 65.5 Å². The van der Waals surface area contributed by atoms with E-state index in [1.807, 2.05) is 0 Å². The van der Waals surface area contributed by atoms with Gasteiger partial charge in [0.1, 0.15) is 5.82 Å². The smallest absolute Gasteiger partial charge is 0.338 e. The number of halogens is 1. The molecular weight excluding hydrogens is 349 g/mol. The number of carbonyl (C=O) groups is 2. The van der Waals surface area contributed by atoms with Crippen molar-refractivity contribution in [2.45, 2.75) is 11.4 Å². The Labute approximate surface area is 144 Å². The Hall–Kier alpha value is -2.74. The number of esters is 1. The van der Waals surface area contributed by atoms with Crippen LogP contribution in [-0.2, 0) is 25.9 Å². The predicted octanol–water partition coefficient (Wildman–Crippen LogP) is 1.70. The molecule has 0 radical (unpaired) electrons. The largest absolute Gasteiger partial charge is 0.452 e. The zero-order chi connectivity index (χ0) is 18.4. The van der Waals surface area contributed by atoms with Gasteiger partial charge in [-0.2, -0.15) is 0 Å². The summed E-state index contributed by atoms with van der Waals surface area (Å²) in [5.74, 6) is -1.78. The van der Waals surface area contributed by atoms with Crippen LogP contribution in [0.3, 0.4) is 0 Å².